The van der Waals surface area contributed by atoms with Crippen molar-refractivity contribution in [2.24, 2.45) is 0 Å². The molecule has 1 atom stereocenters. The van der Waals surface area contributed by atoms with Crippen molar-refractivity contribution < 1.29 is 14.0 Å². The van der Waals surface area contributed by atoms with Gasteiger partial charge in [0.05, 0.1) is 20.3 Å². The molecule has 0 fully saturated rings. The molecule has 1 aromatic rings. The van der Waals surface area contributed by atoms with Gasteiger partial charge in [-0.15, -0.1) is 0 Å². The lowest BCUT2D eigenvalue weighted by Crippen LogP contribution is -2.17. The molecule has 1 rings (SSSR count). The average Bonchev–Trinajstić information content (AvgIpc) is 2.17. The van der Waals surface area contributed by atoms with Crippen molar-refractivity contribution in [1.82, 2.24) is 5.48 Å². The second-order valence-corrected chi connectivity index (χ2v) is 2.93. The second kappa shape index (κ2) is 4.93. The second-order valence-electron chi connectivity index (χ2n) is 2.93. The largest absolute Gasteiger partial charge is 0.497 e. The van der Waals surface area contributed by atoms with Crippen LogP contribution in [-0.2, 0) is 4.84 Å². The lowest BCUT2D eigenvalue weighted by molar-refractivity contribution is 0.0648. The summed E-state index contributed by atoms with van der Waals surface area (Å²) in [5.74, 6) is 0.206. The Morgan fingerprint density at radius 1 is 1.36 bits per heavy atom. The fourth-order valence-corrected chi connectivity index (χ4v) is 1.23. The van der Waals surface area contributed by atoms with Crippen LogP contribution in [0.5, 0.6) is 5.75 Å². The van der Waals surface area contributed by atoms with Gasteiger partial charge in [-0.1, -0.05) is 6.07 Å². The number of methoxy groups -OCH3 is 1. The van der Waals surface area contributed by atoms with Gasteiger partial charge in [-0.3, -0.25) is 0 Å². The number of hydrogen-bond acceptors (Lipinski definition) is 3. The molecule has 1 aromatic carbocycles. The molecule has 0 saturated heterocycles. The monoisotopic (exact) mass is 199 g/mol. The molecule has 0 bridgehead atoms. The summed E-state index contributed by atoms with van der Waals surface area (Å²) in [7, 11) is 3.00. The molecule has 0 heterocycles. The van der Waals surface area contributed by atoms with Gasteiger partial charge in [0.2, 0.25) is 0 Å². The first-order valence-electron chi connectivity index (χ1n) is 4.31. The van der Waals surface area contributed by atoms with Crippen LogP contribution in [0.1, 0.15) is 18.5 Å². The Kier molecular flexibility index (Phi) is 3.85. The van der Waals surface area contributed by atoms with Crippen molar-refractivity contribution in [1.29, 1.82) is 0 Å². The highest BCUT2D eigenvalue weighted by Gasteiger charge is 2.10. The highest BCUT2D eigenvalue weighted by molar-refractivity contribution is 5.30. The zero-order valence-electron chi connectivity index (χ0n) is 8.50. The van der Waals surface area contributed by atoms with Gasteiger partial charge in [0.15, 0.2) is 0 Å². The number of rotatable bonds is 4. The molecule has 0 aliphatic rings. The summed E-state index contributed by atoms with van der Waals surface area (Å²) in [5, 5.41) is 0. The van der Waals surface area contributed by atoms with E-state index in [2.05, 4.69) is 5.48 Å². The number of hydroxylamine groups is 1. The van der Waals surface area contributed by atoms with Gasteiger partial charge in [-0.05, 0) is 13.0 Å². The number of benzene rings is 1. The highest BCUT2D eigenvalue weighted by Crippen LogP contribution is 2.21. The minimum Gasteiger partial charge on any atom is -0.497 e. The van der Waals surface area contributed by atoms with E-state index in [1.807, 2.05) is 6.92 Å². The number of ether oxygens (including phenoxy) is 1. The zero-order valence-corrected chi connectivity index (χ0v) is 8.50. The summed E-state index contributed by atoms with van der Waals surface area (Å²) in [6.45, 7) is 1.81. The predicted molar refractivity (Wildman–Crippen MR) is 51.5 cm³/mol. The van der Waals surface area contributed by atoms with Crippen LogP contribution in [0.3, 0.4) is 0 Å². The molecule has 4 heteroatoms. The quantitative estimate of drug-likeness (QED) is 0.753. The van der Waals surface area contributed by atoms with E-state index >= 15 is 0 Å². The minimum atomic E-state index is -0.304. The molecular weight excluding hydrogens is 185 g/mol. The van der Waals surface area contributed by atoms with Gasteiger partial charge in [0, 0.05) is 11.6 Å². The lowest BCUT2D eigenvalue weighted by Gasteiger charge is -2.13. The van der Waals surface area contributed by atoms with Crippen LogP contribution in [-0.4, -0.2) is 14.2 Å². The zero-order chi connectivity index (χ0) is 10.6. The number of hydrogen-bond donors (Lipinski definition) is 1. The van der Waals surface area contributed by atoms with Crippen LogP contribution in [0.2, 0.25) is 0 Å². The van der Waals surface area contributed by atoms with Crippen LogP contribution >= 0.6 is 0 Å². The Morgan fingerprint density at radius 2 is 2.07 bits per heavy atom. The van der Waals surface area contributed by atoms with Crippen LogP contribution in [0.25, 0.3) is 0 Å². The highest BCUT2D eigenvalue weighted by atomic mass is 19.1. The predicted octanol–water partition coefficient (Wildman–Crippen LogP) is 2.05. The van der Waals surface area contributed by atoms with Crippen LogP contribution in [0, 0.1) is 5.82 Å². The summed E-state index contributed by atoms with van der Waals surface area (Å²) < 4.78 is 18.3. The van der Waals surface area contributed by atoms with Crippen LogP contribution in [0.15, 0.2) is 18.2 Å². The third-order valence-corrected chi connectivity index (χ3v) is 1.97. The van der Waals surface area contributed by atoms with E-state index in [1.54, 1.807) is 12.1 Å². The average molecular weight is 199 g/mol. The minimum absolute atomic E-state index is 0.189. The fraction of sp³-hybridized carbons (Fsp3) is 0.400. The summed E-state index contributed by atoms with van der Waals surface area (Å²) in [6, 6.07) is 4.55. The standard InChI is InChI=1S/C10H14FNO2/c1-7(12-14-3)9-5-4-8(13-2)6-10(9)11/h4-7,12H,1-3H3. The summed E-state index contributed by atoms with van der Waals surface area (Å²) in [6.07, 6.45) is 0. The molecule has 0 amide bonds. The Balaban J connectivity index is 2.88. The van der Waals surface area contributed by atoms with Crippen molar-refractivity contribution in [3.05, 3.63) is 29.6 Å². The molecule has 3 nitrogen and oxygen atoms in total. The van der Waals surface area contributed by atoms with Gasteiger partial charge < -0.3 is 9.57 Å². The van der Waals surface area contributed by atoms with Crippen molar-refractivity contribution in [3.8, 4) is 5.75 Å². The Bertz CT molecular complexity index is 304. The van der Waals surface area contributed by atoms with Crippen LogP contribution < -0.4 is 10.2 Å². The van der Waals surface area contributed by atoms with Gasteiger partial charge in [-0.25, -0.2) is 4.39 Å². The van der Waals surface area contributed by atoms with Crippen molar-refractivity contribution in [2.45, 2.75) is 13.0 Å². The van der Waals surface area contributed by atoms with E-state index in [4.69, 9.17) is 9.57 Å². The molecule has 78 valence electrons. The first kappa shape index (κ1) is 10.9. The molecule has 0 aliphatic heterocycles. The molecule has 0 aromatic heterocycles. The molecule has 0 spiro atoms. The molecule has 1 unspecified atom stereocenters. The Morgan fingerprint density at radius 3 is 2.57 bits per heavy atom. The summed E-state index contributed by atoms with van der Waals surface area (Å²) in [5.41, 5.74) is 3.21. The Labute approximate surface area is 82.8 Å². The smallest absolute Gasteiger partial charge is 0.131 e. The molecule has 0 saturated carbocycles. The van der Waals surface area contributed by atoms with Gasteiger partial charge in [0.1, 0.15) is 11.6 Å². The SMILES string of the molecule is CONC(C)c1ccc(OC)cc1F. The topological polar surface area (TPSA) is 30.5 Å². The van der Waals surface area contributed by atoms with Crippen molar-refractivity contribution in [3.63, 3.8) is 0 Å². The molecule has 1 N–H and O–H groups in total. The van der Waals surface area contributed by atoms with Gasteiger partial charge in [0.25, 0.3) is 0 Å². The lowest BCUT2D eigenvalue weighted by atomic mass is 10.1. The van der Waals surface area contributed by atoms with E-state index in [-0.39, 0.29) is 11.9 Å². The normalized spacial score (nSPS) is 12.6. The molecule has 0 aliphatic carbocycles. The fourth-order valence-electron chi connectivity index (χ4n) is 1.23. The van der Waals surface area contributed by atoms with E-state index in [9.17, 15) is 4.39 Å². The molecule has 0 radical (unpaired) electrons. The molecular formula is C10H14FNO2. The first-order valence-corrected chi connectivity index (χ1v) is 4.31. The molecule has 14 heavy (non-hydrogen) atoms. The van der Waals surface area contributed by atoms with Gasteiger partial charge >= 0.3 is 0 Å². The van der Waals surface area contributed by atoms with Crippen molar-refractivity contribution >= 4 is 0 Å². The maximum absolute atomic E-state index is 13.4. The summed E-state index contributed by atoms with van der Waals surface area (Å²) >= 11 is 0. The number of halogens is 1. The summed E-state index contributed by atoms with van der Waals surface area (Å²) in [4.78, 5) is 4.72. The number of nitrogens with one attached hydrogen (secondary N) is 1. The first-order chi connectivity index (χ1) is 6.69. The van der Waals surface area contributed by atoms with Crippen LogP contribution in [0.4, 0.5) is 4.39 Å². The Hall–Kier alpha value is -1.13. The third kappa shape index (κ3) is 2.43. The van der Waals surface area contributed by atoms with Crippen molar-refractivity contribution in [2.75, 3.05) is 14.2 Å². The maximum Gasteiger partial charge on any atom is 0.131 e. The third-order valence-electron chi connectivity index (χ3n) is 1.97. The van der Waals surface area contributed by atoms with Gasteiger partial charge in [-0.2, -0.15) is 5.48 Å². The van der Waals surface area contributed by atoms with E-state index in [0.29, 0.717) is 11.3 Å². The van der Waals surface area contributed by atoms with E-state index in [1.165, 1.54) is 20.3 Å². The maximum atomic E-state index is 13.4. The van der Waals surface area contributed by atoms with E-state index < -0.39 is 0 Å². The van der Waals surface area contributed by atoms with E-state index in [0.717, 1.165) is 0 Å².